The van der Waals surface area contributed by atoms with Gasteiger partial charge in [-0.2, -0.15) is 0 Å². The summed E-state index contributed by atoms with van der Waals surface area (Å²) in [5.74, 6) is 1.35. The monoisotopic (exact) mass is 266 g/mol. The summed E-state index contributed by atoms with van der Waals surface area (Å²) in [4.78, 5) is 11.8. The molecule has 0 spiro atoms. The molecule has 1 saturated carbocycles. The first kappa shape index (κ1) is 14.1. The Balaban J connectivity index is 1.63. The average Bonchev–Trinajstić information content (AvgIpc) is 2.86. The summed E-state index contributed by atoms with van der Waals surface area (Å²) in [6.07, 6.45) is 3.49. The van der Waals surface area contributed by atoms with Crippen molar-refractivity contribution in [2.75, 3.05) is 13.6 Å². The molecule has 1 aliphatic carbocycles. The molecule has 1 atom stereocenters. The van der Waals surface area contributed by atoms with Gasteiger partial charge in [-0.3, -0.25) is 4.79 Å². The third-order valence-corrected chi connectivity index (χ3v) is 3.47. The highest BCUT2D eigenvalue weighted by Gasteiger charge is 2.31. The van der Waals surface area contributed by atoms with Crippen molar-refractivity contribution in [3.8, 4) is 0 Å². The van der Waals surface area contributed by atoms with Gasteiger partial charge in [-0.25, -0.2) is 0 Å². The van der Waals surface area contributed by atoms with Crippen LogP contribution in [0.2, 0.25) is 0 Å². The Labute approximate surface area is 113 Å². The first-order chi connectivity index (χ1) is 9.19. The van der Waals surface area contributed by atoms with Crippen molar-refractivity contribution < 1.29 is 13.9 Å². The van der Waals surface area contributed by atoms with E-state index in [4.69, 9.17) is 9.15 Å². The number of ether oxygens (including phenoxy) is 1. The van der Waals surface area contributed by atoms with Gasteiger partial charge in [0.1, 0.15) is 11.9 Å². The second-order valence-corrected chi connectivity index (χ2v) is 5.09. The van der Waals surface area contributed by atoms with E-state index in [1.807, 2.05) is 13.1 Å². The quantitative estimate of drug-likeness (QED) is 0.781. The van der Waals surface area contributed by atoms with Crippen LogP contribution in [0, 0.1) is 5.92 Å². The summed E-state index contributed by atoms with van der Waals surface area (Å²) in [6.45, 7) is 3.23. The minimum Gasteiger partial charge on any atom is -0.467 e. The van der Waals surface area contributed by atoms with Gasteiger partial charge in [0.25, 0.3) is 0 Å². The Morgan fingerprint density at radius 2 is 2.37 bits per heavy atom. The van der Waals surface area contributed by atoms with Crippen LogP contribution in [0.4, 0.5) is 0 Å². The first-order valence-corrected chi connectivity index (χ1v) is 6.79. The van der Waals surface area contributed by atoms with Gasteiger partial charge in [0.05, 0.1) is 18.9 Å². The topological polar surface area (TPSA) is 63.5 Å². The second-order valence-electron chi connectivity index (χ2n) is 5.09. The van der Waals surface area contributed by atoms with Crippen LogP contribution in [-0.4, -0.2) is 31.7 Å². The molecule has 1 amide bonds. The van der Waals surface area contributed by atoms with E-state index in [1.165, 1.54) is 0 Å². The normalized spacial score (nSPS) is 23.7. The number of amides is 1. The van der Waals surface area contributed by atoms with Crippen LogP contribution in [0.3, 0.4) is 0 Å². The van der Waals surface area contributed by atoms with Crippen molar-refractivity contribution in [2.24, 2.45) is 5.92 Å². The smallest absolute Gasteiger partial charge is 0.249 e. The molecule has 1 heterocycles. The Hall–Kier alpha value is -1.33. The van der Waals surface area contributed by atoms with Crippen molar-refractivity contribution in [1.82, 2.24) is 10.6 Å². The largest absolute Gasteiger partial charge is 0.467 e. The van der Waals surface area contributed by atoms with Gasteiger partial charge >= 0.3 is 0 Å². The van der Waals surface area contributed by atoms with Crippen LogP contribution in [0.15, 0.2) is 22.8 Å². The molecule has 5 nitrogen and oxygen atoms in total. The van der Waals surface area contributed by atoms with Gasteiger partial charge in [-0.05, 0) is 51.4 Å². The highest BCUT2D eigenvalue weighted by molar-refractivity contribution is 5.80. The van der Waals surface area contributed by atoms with E-state index in [0.717, 1.165) is 25.1 Å². The molecule has 0 bridgehead atoms. The van der Waals surface area contributed by atoms with Crippen molar-refractivity contribution in [3.05, 3.63) is 24.2 Å². The molecule has 106 valence electrons. The first-order valence-electron chi connectivity index (χ1n) is 6.79. The van der Waals surface area contributed by atoms with Crippen LogP contribution >= 0.6 is 0 Å². The van der Waals surface area contributed by atoms with E-state index < -0.39 is 6.10 Å². The Kier molecular flexibility index (Phi) is 4.99. The lowest BCUT2D eigenvalue weighted by Crippen LogP contribution is -2.42. The molecular formula is C14H22N2O3. The van der Waals surface area contributed by atoms with Gasteiger partial charge < -0.3 is 19.8 Å². The number of carbonyl (C=O) groups excluding carboxylic acids is 1. The fourth-order valence-corrected chi connectivity index (χ4v) is 2.32. The predicted octanol–water partition coefficient (Wildman–Crippen LogP) is 1.30. The fraction of sp³-hybridized carbons (Fsp3) is 0.643. The van der Waals surface area contributed by atoms with E-state index in [-0.39, 0.29) is 12.0 Å². The zero-order chi connectivity index (χ0) is 13.7. The van der Waals surface area contributed by atoms with Crippen molar-refractivity contribution >= 4 is 5.91 Å². The maximum atomic E-state index is 11.8. The van der Waals surface area contributed by atoms with Gasteiger partial charge in [0, 0.05) is 0 Å². The number of carbonyl (C=O) groups is 1. The Morgan fingerprint density at radius 1 is 1.58 bits per heavy atom. The van der Waals surface area contributed by atoms with E-state index in [9.17, 15) is 4.79 Å². The van der Waals surface area contributed by atoms with E-state index in [0.29, 0.717) is 12.5 Å². The van der Waals surface area contributed by atoms with E-state index in [2.05, 4.69) is 10.6 Å². The minimum absolute atomic E-state index is 0.0894. The fourth-order valence-electron chi connectivity index (χ4n) is 2.32. The lowest BCUT2D eigenvalue weighted by Gasteiger charge is -2.36. The summed E-state index contributed by atoms with van der Waals surface area (Å²) < 4.78 is 10.9. The minimum atomic E-state index is -0.407. The summed E-state index contributed by atoms with van der Waals surface area (Å²) in [7, 11) is 1.96. The zero-order valence-corrected chi connectivity index (χ0v) is 11.5. The third-order valence-electron chi connectivity index (χ3n) is 3.47. The molecule has 2 N–H and O–H groups in total. The number of rotatable bonds is 7. The molecule has 5 heteroatoms. The number of hydrogen-bond donors (Lipinski definition) is 2. The number of nitrogens with one attached hydrogen (secondary N) is 2. The molecule has 0 saturated heterocycles. The predicted molar refractivity (Wildman–Crippen MR) is 71.5 cm³/mol. The van der Waals surface area contributed by atoms with Crippen LogP contribution in [-0.2, 0) is 16.1 Å². The number of hydrogen-bond acceptors (Lipinski definition) is 4. The maximum absolute atomic E-state index is 11.8. The SMILES string of the molecule is CNCC1CC(OC(C)C(=O)NCc2ccco2)C1. The van der Waals surface area contributed by atoms with E-state index >= 15 is 0 Å². The van der Waals surface area contributed by atoms with Gasteiger partial charge in [-0.1, -0.05) is 0 Å². The Morgan fingerprint density at radius 3 is 3.00 bits per heavy atom. The molecule has 0 aliphatic heterocycles. The van der Waals surface area contributed by atoms with Crippen LogP contribution < -0.4 is 10.6 Å². The molecule has 1 aliphatic rings. The van der Waals surface area contributed by atoms with Crippen LogP contribution in [0.5, 0.6) is 0 Å². The molecule has 19 heavy (non-hydrogen) atoms. The summed E-state index contributed by atoms with van der Waals surface area (Å²) in [6, 6.07) is 3.64. The summed E-state index contributed by atoms with van der Waals surface area (Å²) >= 11 is 0. The van der Waals surface area contributed by atoms with Crippen LogP contribution in [0.1, 0.15) is 25.5 Å². The lowest BCUT2D eigenvalue weighted by atomic mass is 9.82. The van der Waals surface area contributed by atoms with Crippen molar-refractivity contribution in [1.29, 1.82) is 0 Å². The average molecular weight is 266 g/mol. The maximum Gasteiger partial charge on any atom is 0.249 e. The summed E-state index contributed by atoms with van der Waals surface area (Å²) in [5, 5.41) is 5.96. The molecule has 1 aromatic rings. The molecule has 2 rings (SSSR count). The zero-order valence-electron chi connectivity index (χ0n) is 11.5. The highest BCUT2D eigenvalue weighted by atomic mass is 16.5. The standard InChI is InChI=1S/C14H22N2O3/c1-10(19-13-6-11(7-13)8-15-2)14(17)16-9-12-4-3-5-18-12/h3-5,10-11,13,15H,6-9H2,1-2H3,(H,16,17). The number of furan rings is 1. The van der Waals surface area contributed by atoms with Crippen molar-refractivity contribution in [2.45, 2.75) is 38.5 Å². The van der Waals surface area contributed by atoms with E-state index in [1.54, 1.807) is 19.3 Å². The third kappa shape index (κ3) is 4.08. The van der Waals surface area contributed by atoms with Gasteiger partial charge in [-0.15, -0.1) is 0 Å². The lowest BCUT2D eigenvalue weighted by molar-refractivity contribution is -0.141. The highest BCUT2D eigenvalue weighted by Crippen LogP contribution is 2.30. The molecule has 1 unspecified atom stereocenters. The molecule has 1 aromatic heterocycles. The Bertz CT molecular complexity index is 385. The van der Waals surface area contributed by atoms with Crippen molar-refractivity contribution in [3.63, 3.8) is 0 Å². The molecular weight excluding hydrogens is 244 g/mol. The van der Waals surface area contributed by atoms with Gasteiger partial charge in [0.15, 0.2) is 0 Å². The molecule has 1 fully saturated rings. The molecule has 0 aromatic carbocycles. The van der Waals surface area contributed by atoms with Gasteiger partial charge in [0.2, 0.25) is 5.91 Å². The second kappa shape index (κ2) is 6.73. The summed E-state index contributed by atoms with van der Waals surface area (Å²) in [5.41, 5.74) is 0. The van der Waals surface area contributed by atoms with Crippen LogP contribution in [0.25, 0.3) is 0 Å². The molecule has 0 radical (unpaired) electrons.